The largest absolute Gasteiger partial charge is 0.265 e. The van der Waals surface area contributed by atoms with E-state index < -0.39 is 0 Å². The molecule has 4 heteroatoms. The Morgan fingerprint density at radius 1 is 1.27 bits per heavy atom. The lowest BCUT2D eigenvalue weighted by Crippen LogP contribution is -2.07. The normalized spacial score (nSPS) is 11.2. The molecule has 0 bridgehead atoms. The summed E-state index contributed by atoms with van der Waals surface area (Å²) in [7, 11) is 0. The van der Waals surface area contributed by atoms with Gasteiger partial charge in [0.15, 0.2) is 0 Å². The van der Waals surface area contributed by atoms with E-state index >= 15 is 0 Å². The van der Waals surface area contributed by atoms with Crippen LogP contribution < -0.4 is 0 Å². The van der Waals surface area contributed by atoms with Gasteiger partial charge in [0.1, 0.15) is 5.69 Å². The van der Waals surface area contributed by atoms with E-state index in [0.717, 1.165) is 29.3 Å². The van der Waals surface area contributed by atoms with Gasteiger partial charge in [-0.25, -0.2) is 0 Å². The molecule has 22 heavy (non-hydrogen) atoms. The van der Waals surface area contributed by atoms with E-state index in [1.807, 2.05) is 29.8 Å². The fourth-order valence-electron chi connectivity index (χ4n) is 2.39. The van der Waals surface area contributed by atoms with E-state index in [1.165, 1.54) is 11.1 Å². The Labute approximate surface area is 142 Å². The van der Waals surface area contributed by atoms with Gasteiger partial charge in [-0.1, -0.05) is 49.7 Å². The van der Waals surface area contributed by atoms with Crippen molar-refractivity contribution in [2.75, 3.05) is 0 Å². The molecule has 0 amide bonds. The topological polar surface area (TPSA) is 17.8 Å². The third-order valence-electron chi connectivity index (χ3n) is 3.74. The highest BCUT2D eigenvalue weighted by Crippen LogP contribution is 2.22. The first-order chi connectivity index (χ1) is 10.4. The average molecular weight is 337 g/mol. The highest BCUT2D eigenvalue weighted by atomic mass is 35.5. The van der Waals surface area contributed by atoms with Gasteiger partial charge in [-0.05, 0) is 55.0 Å². The van der Waals surface area contributed by atoms with Gasteiger partial charge < -0.3 is 0 Å². The summed E-state index contributed by atoms with van der Waals surface area (Å²) in [4.78, 5) is 0. The molecule has 0 fully saturated rings. The molecule has 0 unspecified atom stereocenters. The van der Waals surface area contributed by atoms with Gasteiger partial charge in [-0.2, -0.15) is 5.10 Å². The lowest BCUT2D eigenvalue weighted by molar-refractivity contribution is 0.581. The zero-order valence-corrected chi connectivity index (χ0v) is 14.9. The average Bonchev–Trinajstić information content (AvgIpc) is 2.79. The fourth-order valence-corrected chi connectivity index (χ4v) is 2.68. The minimum absolute atomic E-state index is 0.466. The number of hydrogen-bond donors (Lipinski definition) is 0. The van der Waals surface area contributed by atoms with Crippen molar-refractivity contribution in [2.24, 2.45) is 5.92 Å². The maximum absolute atomic E-state index is 6.18. The number of hydrogen-bond acceptors (Lipinski definition) is 1. The summed E-state index contributed by atoms with van der Waals surface area (Å²) >= 11 is 12.1. The second-order valence-electron chi connectivity index (χ2n) is 6.08. The standard InChI is InChI=1S/C18H22Cl2N2/c1-12(2)5-6-15-7-8-17(20)10-16(15)11-22-13(3)9-18(21-22)14(4)19/h7-10,12H,4-6,11H2,1-3H3. The van der Waals surface area contributed by atoms with Crippen LogP contribution in [0, 0.1) is 12.8 Å². The Hall–Kier alpha value is -1.25. The Morgan fingerprint density at radius 3 is 2.59 bits per heavy atom. The Morgan fingerprint density at radius 2 is 2.00 bits per heavy atom. The molecule has 2 nitrogen and oxygen atoms in total. The van der Waals surface area contributed by atoms with Crippen molar-refractivity contribution in [3.63, 3.8) is 0 Å². The first kappa shape index (κ1) is 17.1. The summed E-state index contributed by atoms with van der Waals surface area (Å²) in [5.74, 6) is 0.682. The van der Waals surface area contributed by atoms with Crippen molar-refractivity contribution >= 4 is 28.2 Å². The molecule has 0 saturated carbocycles. The molecule has 0 aliphatic carbocycles. The van der Waals surface area contributed by atoms with Gasteiger partial charge in [0, 0.05) is 10.7 Å². The lowest BCUT2D eigenvalue weighted by Gasteiger charge is -2.13. The molecule has 118 valence electrons. The molecular weight excluding hydrogens is 315 g/mol. The van der Waals surface area contributed by atoms with Crippen molar-refractivity contribution in [2.45, 2.75) is 40.2 Å². The molecule has 1 aromatic heterocycles. The van der Waals surface area contributed by atoms with Crippen LogP contribution in [0.2, 0.25) is 5.02 Å². The van der Waals surface area contributed by atoms with E-state index in [4.69, 9.17) is 23.2 Å². The molecule has 1 aromatic carbocycles. The molecule has 0 aliphatic rings. The van der Waals surface area contributed by atoms with Crippen LogP contribution >= 0.6 is 23.2 Å². The van der Waals surface area contributed by atoms with Crippen LogP contribution in [0.1, 0.15) is 42.8 Å². The predicted molar refractivity (Wildman–Crippen MR) is 95.6 cm³/mol. The van der Waals surface area contributed by atoms with E-state index in [2.05, 4.69) is 31.6 Å². The number of nitrogens with zero attached hydrogens (tertiary/aromatic N) is 2. The summed E-state index contributed by atoms with van der Waals surface area (Å²) in [6, 6.07) is 8.07. The number of halogens is 2. The minimum Gasteiger partial charge on any atom is -0.265 e. The molecule has 2 rings (SSSR count). The number of aryl methyl sites for hydroxylation is 2. The predicted octanol–water partition coefficient (Wildman–Crippen LogP) is 5.69. The second kappa shape index (κ2) is 7.34. The summed E-state index contributed by atoms with van der Waals surface area (Å²) in [5.41, 5.74) is 4.34. The van der Waals surface area contributed by atoms with Crippen LogP contribution in [-0.4, -0.2) is 9.78 Å². The molecule has 0 saturated heterocycles. The van der Waals surface area contributed by atoms with Crippen LogP contribution in [0.3, 0.4) is 0 Å². The molecule has 0 radical (unpaired) electrons. The first-order valence-electron chi connectivity index (χ1n) is 7.53. The monoisotopic (exact) mass is 336 g/mol. The second-order valence-corrected chi connectivity index (χ2v) is 6.97. The third-order valence-corrected chi connectivity index (χ3v) is 4.17. The molecule has 0 N–H and O–H groups in total. The molecule has 1 heterocycles. The van der Waals surface area contributed by atoms with Crippen molar-refractivity contribution in [1.82, 2.24) is 9.78 Å². The van der Waals surface area contributed by atoms with Crippen LogP contribution in [0.15, 0.2) is 30.8 Å². The first-order valence-corrected chi connectivity index (χ1v) is 8.29. The van der Waals surface area contributed by atoms with E-state index in [1.54, 1.807) is 0 Å². The number of benzene rings is 1. The Kier molecular flexibility index (Phi) is 5.71. The summed E-state index contributed by atoms with van der Waals surface area (Å²) in [6.45, 7) is 10.9. The number of rotatable bonds is 6. The van der Waals surface area contributed by atoms with Gasteiger partial charge in [-0.3, -0.25) is 4.68 Å². The maximum Gasteiger partial charge on any atom is 0.103 e. The highest BCUT2D eigenvalue weighted by Gasteiger charge is 2.10. The molecular formula is C18H22Cl2N2. The SMILES string of the molecule is C=C(Cl)c1cc(C)n(Cc2cc(Cl)ccc2CCC(C)C)n1. The van der Waals surface area contributed by atoms with Gasteiger partial charge in [0.25, 0.3) is 0 Å². The Balaban J connectivity index is 2.28. The van der Waals surface area contributed by atoms with Crippen LogP contribution in [0.25, 0.3) is 5.03 Å². The van der Waals surface area contributed by atoms with Crippen LogP contribution in [0.5, 0.6) is 0 Å². The van der Waals surface area contributed by atoms with Crippen molar-refractivity contribution in [3.05, 3.63) is 58.4 Å². The van der Waals surface area contributed by atoms with Gasteiger partial charge in [0.05, 0.1) is 11.6 Å². The van der Waals surface area contributed by atoms with Crippen molar-refractivity contribution < 1.29 is 0 Å². The van der Waals surface area contributed by atoms with Crippen molar-refractivity contribution in [3.8, 4) is 0 Å². The zero-order valence-electron chi connectivity index (χ0n) is 13.4. The maximum atomic E-state index is 6.18. The lowest BCUT2D eigenvalue weighted by atomic mass is 9.98. The summed E-state index contributed by atoms with van der Waals surface area (Å²) < 4.78 is 1.95. The van der Waals surface area contributed by atoms with E-state index in [9.17, 15) is 0 Å². The van der Waals surface area contributed by atoms with Crippen LogP contribution in [0.4, 0.5) is 0 Å². The minimum atomic E-state index is 0.466. The van der Waals surface area contributed by atoms with Crippen LogP contribution in [-0.2, 0) is 13.0 Å². The van der Waals surface area contributed by atoms with E-state index in [0.29, 0.717) is 17.5 Å². The van der Waals surface area contributed by atoms with E-state index in [-0.39, 0.29) is 0 Å². The fraction of sp³-hybridized carbons (Fsp3) is 0.389. The molecule has 0 aliphatic heterocycles. The van der Waals surface area contributed by atoms with Gasteiger partial charge >= 0.3 is 0 Å². The quantitative estimate of drug-likeness (QED) is 0.662. The third kappa shape index (κ3) is 4.37. The summed E-state index contributed by atoms with van der Waals surface area (Å²) in [6.07, 6.45) is 2.22. The highest BCUT2D eigenvalue weighted by molar-refractivity contribution is 6.48. The molecule has 0 atom stereocenters. The molecule has 0 spiro atoms. The summed E-state index contributed by atoms with van der Waals surface area (Å²) in [5, 5.41) is 5.74. The van der Waals surface area contributed by atoms with Gasteiger partial charge in [-0.15, -0.1) is 0 Å². The molecule has 2 aromatic rings. The smallest absolute Gasteiger partial charge is 0.103 e. The number of aromatic nitrogens is 2. The Bertz CT molecular complexity index is 672. The zero-order chi connectivity index (χ0) is 16.3. The van der Waals surface area contributed by atoms with Gasteiger partial charge in [0.2, 0.25) is 0 Å². The van der Waals surface area contributed by atoms with Crippen molar-refractivity contribution in [1.29, 1.82) is 0 Å².